The molecule has 0 radical (unpaired) electrons. The van der Waals surface area contributed by atoms with E-state index in [-0.39, 0.29) is 21.1 Å². The van der Waals surface area contributed by atoms with Gasteiger partial charge < -0.3 is 0 Å². The topological polar surface area (TPSA) is 92.8 Å². The van der Waals surface area contributed by atoms with Crippen LogP contribution in [-0.4, -0.2) is 22.7 Å². The van der Waals surface area contributed by atoms with Gasteiger partial charge in [-0.2, -0.15) is 0 Å². The monoisotopic (exact) mass is 255 g/mol. The third kappa shape index (κ3) is 10.9. The molecule has 0 spiro atoms. The van der Waals surface area contributed by atoms with Crippen LogP contribution in [0.15, 0.2) is 0 Å². The molecule has 0 amide bonds. The first kappa shape index (κ1) is 10.8. The van der Waals surface area contributed by atoms with Crippen LogP contribution in [0.3, 0.4) is 0 Å². The Bertz CT molecular complexity index is 75.8. The van der Waals surface area contributed by atoms with Gasteiger partial charge in [0.25, 0.3) is 0 Å². The Morgan fingerprint density at radius 1 is 1.57 bits per heavy atom. The number of hydrogen-bond acceptors (Lipinski definition) is 3. The zero-order valence-corrected chi connectivity index (χ0v) is 7.03. The minimum atomic E-state index is -4.88. The Morgan fingerprint density at radius 2 is 1.71 bits per heavy atom. The number of hydrogen-bond donors (Lipinski definition) is 3. The molecule has 5 nitrogen and oxygen atoms in total. The summed E-state index contributed by atoms with van der Waals surface area (Å²) in [6.45, 7) is 0. The molecule has 0 heterocycles. The molecule has 0 atom stereocenters. The molecule has 0 fully saturated rings. The second-order valence-electron chi connectivity index (χ2n) is 0.596. The van der Waals surface area contributed by atoms with E-state index < -0.39 is 14.5 Å². The molecule has 0 saturated carbocycles. The molecule has 0 aliphatic heterocycles. The van der Waals surface area contributed by atoms with Crippen LogP contribution < -0.4 is 5.90 Å². The molecule has 0 aromatic rings. The minimum Gasteiger partial charge on any atom is 0 e. The standard InChI is InChI=1S/AsH4NO4.Mo/c2-6-1(3,4)5;/h2H2,(H2,3,4,5);. The summed E-state index contributed by atoms with van der Waals surface area (Å²) in [4.78, 5) is 0. The Hall–Kier alpha value is 0.887. The summed E-state index contributed by atoms with van der Waals surface area (Å²) >= 11 is -4.88. The summed E-state index contributed by atoms with van der Waals surface area (Å²) in [5.74, 6) is 4.07. The van der Waals surface area contributed by atoms with Crippen molar-refractivity contribution in [1.82, 2.24) is 0 Å². The average molecular weight is 253 g/mol. The Labute approximate surface area is 57.4 Å². The molecule has 4 N–H and O–H groups in total. The zero-order chi connectivity index (χ0) is 5.21. The van der Waals surface area contributed by atoms with Crippen LogP contribution in [0.25, 0.3) is 0 Å². The van der Waals surface area contributed by atoms with Crippen LogP contribution in [0.2, 0.25) is 0 Å². The summed E-state index contributed by atoms with van der Waals surface area (Å²) in [6, 6.07) is 0. The minimum absolute atomic E-state index is 0. The van der Waals surface area contributed by atoms with E-state index in [1.807, 2.05) is 0 Å². The van der Waals surface area contributed by atoms with Gasteiger partial charge in [0, 0.05) is 21.1 Å². The SMILES string of the molecule is NO[As](=O)(O)O.[Mo]. The Kier molecular flexibility index (Phi) is 5.92. The molecule has 7 heavy (non-hydrogen) atoms. The van der Waals surface area contributed by atoms with Gasteiger partial charge in [-0.25, -0.2) is 0 Å². The van der Waals surface area contributed by atoms with Crippen molar-refractivity contribution < 1.29 is 36.8 Å². The Morgan fingerprint density at radius 3 is 1.71 bits per heavy atom. The van der Waals surface area contributed by atoms with Crippen LogP contribution in [0.5, 0.6) is 0 Å². The van der Waals surface area contributed by atoms with Gasteiger partial charge in [-0.05, 0) is 0 Å². The zero-order valence-electron chi connectivity index (χ0n) is 3.14. The maximum Gasteiger partial charge on any atom is 0 e. The van der Waals surface area contributed by atoms with Crippen molar-refractivity contribution >= 4 is 14.5 Å². The van der Waals surface area contributed by atoms with Gasteiger partial charge in [0.2, 0.25) is 0 Å². The van der Waals surface area contributed by atoms with Crippen LogP contribution in [0, 0.1) is 0 Å². The van der Waals surface area contributed by atoms with Gasteiger partial charge in [0.05, 0.1) is 0 Å². The van der Waals surface area contributed by atoms with Crippen molar-refractivity contribution in [2.24, 2.45) is 5.90 Å². The summed E-state index contributed by atoms with van der Waals surface area (Å²) in [5.41, 5.74) is 0. The van der Waals surface area contributed by atoms with Crippen molar-refractivity contribution in [3.05, 3.63) is 0 Å². The average Bonchev–Trinajstić information content (AvgIpc) is 1.35. The molecule has 0 rings (SSSR count). The first-order valence-electron chi connectivity index (χ1n) is 1.00. The summed E-state index contributed by atoms with van der Waals surface area (Å²) in [6.07, 6.45) is 0. The van der Waals surface area contributed by atoms with E-state index in [0.717, 1.165) is 0 Å². The fourth-order valence-corrected chi connectivity index (χ4v) is 0. The van der Waals surface area contributed by atoms with E-state index in [0.29, 0.717) is 0 Å². The molecule has 44 valence electrons. The second kappa shape index (κ2) is 3.84. The predicted molar refractivity (Wildman–Crippen MR) is 16.2 cm³/mol. The predicted octanol–water partition coefficient (Wildman–Crippen LogP) is -2.28. The first-order valence-corrected chi connectivity index (χ1v) is 4.21. The summed E-state index contributed by atoms with van der Waals surface area (Å²) in [7, 11) is 0. The number of rotatable bonds is 1. The van der Waals surface area contributed by atoms with Gasteiger partial charge in [-0.3, -0.25) is 0 Å². The first-order chi connectivity index (χ1) is 2.56. The van der Waals surface area contributed by atoms with Gasteiger partial charge in [-0.15, -0.1) is 0 Å². The third-order valence-electron chi connectivity index (χ3n) is 0.137. The van der Waals surface area contributed by atoms with E-state index in [1.165, 1.54) is 0 Å². The van der Waals surface area contributed by atoms with Gasteiger partial charge >= 0.3 is 36.2 Å². The summed E-state index contributed by atoms with van der Waals surface area (Å²) < 4.78 is 27.9. The molecular formula is H4AsMoNO4. The molecule has 0 aliphatic rings. The van der Waals surface area contributed by atoms with Gasteiger partial charge in [-0.1, -0.05) is 0 Å². The van der Waals surface area contributed by atoms with Gasteiger partial charge in [0.15, 0.2) is 0 Å². The van der Waals surface area contributed by atoms with E-state index >= 15 is 0 Å². The largest absolute Gasteiger partial charge is 0 e. The fraction of sp³-hybridized carbons (Fsp3) is 0. The van der Waals surface area contributed by atoms with E-state index in [9.17, 15) is 3.74 Å². The summed E-state index contributed by atoms with van der Waals surface area (Å²) in [5, 5.41) is 0. The molecule has 0 unspecified atom stereocenters. The molecule has 0 saturated heterocycles. The number of nitrogens with two attached hydrogens (primary N) is 1. The molecule has 0 aromatic carbocycles. The van der Waals surface area contributed by atoms with Crippen molar-refractivity contribution in [1.29, 1.82) is 0 Å². The van der Waals surface area contributed by atoms with E-state index in [1.54, 1.807) is 0 Å². The van der Waals surface area contributed by atoms with Crippen molar-refractivity contribution in [2.45, 2.75) is 0 Å². The van der Waals surface area contributed by atoms with Crippen LogP contribution >= 0.6 is 0 Å². The third-order valence-corrected chi connectivity index (χ3v) is 0.714. The second-order valence-corrected chi connectivity index (χ2v) is 3.10. The smallest absolute Gasteiger partial charge is 0 e. The molecule has 0 aromatic heterocycles. The normalized spacial score (nSPS) is 10.1. The van der Waals surface area contributed by atoms with Crippen LogP contribution in [0.1, 0.15) is 0 Å². The van der Waals surface area contributed by atoms with Crippen LogP contribution in [-0.2, 0) is 28.6 Å². The van der Waals surface area contributed by atoms with Crippen molar-refractivity contribution in [3.63, 3.8) is 0 Å². The van der Waals surface area contributed by atoms with Crippen LogP contribution in [0.4, 0.5) is 0 Å². The molecule has 0 bridgehead atoms. The van der Waals surface area contributed by atoms with E-state index in [2.05, 4.69) is 9.72 Å². The fourth-order valence-electron chi connectivity index (χ4n) is 0. The molecule has 7 heteroatoms. The van der Waals surface area contributed by atoms with Crippen molar-refractivity contribution in [2.75, 3.05) is 0 Å². The maximum absolute atomic E-state index is 9.41. The Balaban J connectivity index is 0. The molecular weight excluding hydrogens is 249 g/mol. The quantitative estimate of drug-likeness (QED) is 0.362. The van der Waals surface area contributed by atoms with Gasteiger partial charge in [0.1, 0.15) is 0 Å². The molecule has 0 aliphatic carbocycles. The maximum atomic E-state index is 9.41. The van der Waals surface area contributed by atoms with Crippen molar-refractivity contribution in [3.8, 4) is 0 Å². The van der Waals surface area contributed by atoms with E-state index in [4.69, 9.17) is 8.19 Å².